The monoisotopic (exact) mass is 862 g/mol. The smallest absolute Gasteiger partial charge is 0.306 e. The molecule has 3 unspecified atom stereocenters. The molecule has 0 aliphatic carbocycles. The van der Waals surface area contributed by atoms with Gasteiger partial charge < -0.3 is 20.3 Å². The lowest BCUT2D eigenvalue weighted by Crippen LogP contribution is -2.46. The highest BCUT2D eigenvalue weighted by Gasteiger charge is 2.24. The Morgan fingerprint density at radius 2 is 0.787 bits per heavy atom. The maximum absolute atomic E-state index is 13.2. The Morgan fingerprint density at radius 1 is 0.459 bits per heavy atom. The molecule has 6 heteroatoms. The van der Waals surface area contributed by atoms with E-state index in [4.69, 9.17) is 4.74 Å². The Bertz CT molecular complexity index is 924. The number of aliphatic hydroxyl groups is 2. The molecule has 0 aliphatic rings. The summed E-state index contributed by atoms with van der Waals surface area (Å²) in [5.41, 5.74) is 0. The maximum Gasteiger partial charge on any atom is 0.306 e. The molecule has 0 saturated heterocycles. The topological polar surface area (TPSA) is 95.9 Å². The third-order valence-electron chi connectivity index (χ3n) is 12.8. The first-order valence-corrected chi connectivity index (χ1v) is 27.4. The van der Waals surface area contributed by atoms with Crippen molar-refractivity contribution in [3.8, 4) is 0 Å². The first-order chi connectivity index (χ1) is 30.0. The van der Waals surface area contributed by atoms with Crippen molar-refractivity contribution in [2.75, 3.05) is 6.61 Å². The number of unbranched alkanes of at least 4 members (excludes halogenated alkanes) is 36. The number of ether oxygens (including phenoxy) is 1. The van der Waals surface area contributed by atoms with Crippen LogP contribution in [0.5, 0.6) is 0 Å². The Labute approximate surface area is 380 Å². The molecule has 0 spiro atoms. The molecule has 0 bridgehead atoms. The number of hydrogen-bond donors (Lipinski definition) is 3. The van der Waals surface area contributed by atoms with Gasteiger partial charge in [-0.1, -0.05) is 251 Å². The molecule has 0 aromatic rings. The third-order valence-corrected chi connectivity index (χ3v) is 12.8. The van der Waals surface area contributed by atoms with Crippen LogP contribution in [0.1, 0.15) is 303 Å². The van der Waals surface area contributed by atoms with Gasteiger partial charge in [-0.2, -0.15) is 0 Å². The van der Waals surface area contributed by atoms with Gasteiger partial charge in [0, 0.05) is 6.42 Å². The average molecular weight is 862 g/mol. The van der Waals surface area contributed by atoms with Crippen molar-refractivity contribution in [2.24, 2.45) is 0 Å². The van der Waals surface area contributed by atoms with Gasteiger partial charge in [-0.15, -0.1) is 0 Å². The second-order valence-corrected chi connectivity index (χ2v) is 19.0. The zero-order chi connectivity index (χ0) is 44.5. The molecule has 1 amide bonds. The van der Waals surface area contributed by atoms with E-state index in [-0.39, 0.29) is 24.9 Å². The van der Waals surface area contributed by atoms with Gasteiger partial charge in [-0.3, -0.25) is 9.59 Å². The second kappa shape index (κ2) is 49.6. The Balaban J connectivity index is 4.50. The standard InChI is InChI=1S/C55H107NO5/c1-4-7-10-13-16-19-22-24-26-27-28-29-31-33-36-39-42-45-48-55(60)61-51(46-43-40-37-34-32-30-25-23-20-17-14-11-8-5-2)49-54(59)56-52(50-57)53(58)47-44-41-38-35-21-18-15-12-9-6-3/h30,32,51-53,57-58H,4-29,31,33-50H2,1-3H3,(H,56,59)/b32-30+. The van der Waals surface area contributed by atoms with E-state index < -0.39 is 18.2 Å². The van der Waals surface area contributed by atoms with Crippen LogP contribution in [-0.4, -0.2) is 46.9 Å². The molecule has 0 saturated carbocycles. The highest BCUT2D eigenvalue weighted by molar-refractivity contribution is 5.77. The van der Waals surface area contributed by atoms with Gasteiger partial charge in [-0.25, -0.2) is 0 Å². The third kappa shape index (κ3) is 45.0. The van der Waals surface area contributed by atoms with E-state index in [9.17, 15) is 19.8 Å². The van der Waals surface area contributed by atoms with Crippen LogP contribution in [-0.2, 0) is 14.3 Å². The molecular weight excluding hydrogens is 755 g/mol. The van der Waals surface area contributed by atoms with E-state index >= 15 is 0 Å². The number of esters is 1. The number of nitrogens with one attached hydrogen (secondary N) is 1. The molecule has 0 radical (unpaired) electrons. The quantitative estimate of drug-likeness (QED) is 0.0322. The van der Waals surface area contributed by atoms with Gasteiger partial charge >= 0.3 is 5.97 Å². The van der Waals surface area contributed by atoms with Crippen LogP contribution >= 0.6 is 0 Å². The fraction of sp³-hybridized carbons (Fsp3) is 0.927. The average Bonchev–Trinajstić information content (AvgIpc) is 3.25. The molecule has 61 heavy (non-hydrogen) atoms. The predicted octanol–water partition coefficient (Wildman–Crippen LogP) is 16.5. The number of rotatable bonds is 50. The first kappa shape index (κ1) is 59.6. The summed E-state index contributed by atoms with van der Waals surface area (Å²) in [5, 5.41) is 23.7. The van der Waals surface area contributed by atoms with E-state index in [1.807, 2.05) is 0 Å². The normalized spacial score (nSPS) is 13.2. The van der Waals surface area contributed by atoms with E-state index in [0.29, 0.717) is 19.3 Å². The summed E-state index contributed by atoms with van der Waals surface area (Å²) in [6.07, 6.45) is 55.7. The molecule has 362 valence electrons. The minimum atomic E-state index is -0.785. The van der Waals surface area contributed by atoms with Crippen LogP contribution in [0.2, 0.25) is 0 Å². The SMILES string of the molecule is CCCCCCCCC/C=C/CCCCCC(CC(=O)NC(CO)C(O)CCCCCCCCCCCC)OC(=O)CCCCCCCCCCCCCCCCCCCC. The summed E-state index contributed by atoms with van der Waals surface area (Å²) < 4.78 is 5.94. The molecule has 0 aromatic heterocycles. The molecule has 0 rings (SSSR count). The molecule has 0 fully saturated rings. The van der Waals surface area contributed by atoms with Crippen LogP contribution in [0, 0.1) is 0 Å². The summed E-state index contributed by atoms with van der Waals surface area (Å²) in [4.78, 5) is 26.2. The fourth-order valence-corrected chi connectivity index (χ4v) is 8.66. The van der Waals surface area contributed by atoms with Crippen molar-refractivity contribution < 1.29 is 24.5 Å². The molecule has 0 aliphatic heterocycles. The predicted molar refractivity (Wildman–Crippen MR) is 264 cm³/mol. The van der Waals surface area contributed by atoms with Gasteiger partial charge in [0.15, 0.2) is 0 Å². The molecular formula is C55H107NO5. The van der Waals surface area contributed by atoms with E-state index in [0.717, 1.165) is 57.8 Å². The van der Waals surface area contributed by atoms with Crippen molar-refractivity contribution in [3.05, 3.63) is 12.2 Å². The van der Waals surface area contributed by atoms with Gasteiger partial charge in [0.1, 0.15) is 6.10 Å². The van der Waals surface area contributed by atoms with Crippen LogP contribution in [0.25, 0.3) is 0 Å². The molecule has 3 atom stereocenters. The number of aliphatic hydroxyl groups excluding tert-OH is 2. The fourth-order valence-electron chi connectivity index (χ4n) is 8.66. The number of amides is 1. The Hall–Kier alpha value is -1.40. The van der Waals surface area contributed by atoms with Crippen LogP contribution in [0.4, 0.5) is 0 Å². The molecule has 0 heterocycles. The minimum absolute atomic E-state index is 0.0741. The van der Waals surface area contributed by atoms with E-state index in [1.165, 1.54) is 199 Å². The summed E-state index contributed by atoms with van der Waals surface area (Å²) in [6, 6.07) is -0.699. The molecule has 6 nitrogen and oxygen atoms in total. The summed E-state index contributed by atoms with van der Waals surface area (Å²) in [7, 11) is 0. The van der Waals surface area contributed by atoms with E-state index in [2.05, 4.69) is 38.2 Å². The van der Waals surface area contributed by atoms with Crippen LogP contribution in [0.3, 0.4) is 0 Å². The number of hydrogen-bond acceptors (Lipinski definition) is 5. The molecule has 0 aromatic carbocycles. The Kier molecular flexibility index (Phi) is 48.5. The van der Waals surface area contributed by atoms with Crippen molar-refractivity contribution in [2.45, 2.75) is 322 Å². The minimum Gasteiger partial charge on any atom is -0.462 e. The van der Waals surface area contributed by atoms with Gasteiger partial charge in [0.05, 0.1) is 25.2 Å². The van der Waals surface area contributed by atoms with Gasteiger partial charge in [-0.05, 0) is 51.4 Å². The van der Waals surface area contributed by atoms with Gasteiger partial charge in [0.2, 0.25) is 5.91 Å². The highest BCUT2D eigenvalue weighted by atomic mass is 16.5. The second-order valence-electron chi connectivity index (χ2n) is 19.0. The van der Waals surface area contributed by atoms with Crippen LogP contribution in [0.15, 0.2) is 12.2 Å². The summed E-state index contributed by atoms with van der Waals surface area (Å²) in [5.74, 6) is -0.470. The van der Waals surface area contributed by atoms with Gasteiger partial charge in [0.25, 0.3) is 0 Å². The lowest BCUT2D eigenvalue weighted by atomic mass is 10.0. The summed E-state index contributed by atoms with van der Waals surface area (Å²) in [6.45, 7) is 6.50. The number of allylic oxidation sites excluding steroid dienone is 2. The zero-order valence-electron chi connectivity index (χ0n) is 41.3. The maximum atomic E-state index is 13.2. The first-order valence-electron chi connectivity index (χ1n) is 27.4. The number of carbonyl (C=O) groups is 2. The Morgan fingerprint density at radius 3 is 1.18 bits per heavy atom. The lowest BCUT2D eigenvalue weighted by Gasteiger charge is -2.24. The van der Waals surface area contributed by atoms with Crippen molar-refractivity contribution in [1.29, 1.82) is 0 Å². The lowest BCUT2D eigenvalue weighted by molar-refractivity contribution is -0.151. The van der Waals surface area contributed by atoms with Crippen LogP contribution < -0.4 is 5.32 Å². The summed E-state index contributed by atoms with van der Waals surface area (Å²) >= 11 is 0. The van der Waals surface area contributed by atoms with Crippen molar-refractivity contribution in [3.63, 3.8) is 0 Å². The number of carbonyl (C=O) groups excluding carboxylic acids is 2. The van der Waals surface area contributed by atoms with E-state index in [1.54, 1.807) is 0 Å². The zero-order valence-corrected chi connectivity index (χ0v) is 41.3. The van der Waals surface area contributed by atoms with Crippen molar-refractivity contribution in [1.82, 2.24) is 5.32 Å². The van der Waals surface area contributed by atoms with Crippen molar-refractivity contribution >= 4 is 11.9 Å². The molecule has 3 N–H and O–H groups in total. The largest absolute Gasteiger partial charge is 0.462 e. The highest BCUT2D eigenvalue weighted by Crippen LogP contribution is 2.18.